The van der Waals surface area contributed by atoms with Gasteiger partial charge in [-0.1, -0.05) is 74.3 Å². The average Bonchev–Trinajstić information content (AvgIpc) is 3.57. The van der Waals surface area contributed by atoms with Gasteiger partial charge in [0.15, 0.2) is 5.82 Å². The zero-order valence-electron chi connectivity index (χ0n) is 20.9. The minimum Gasteiger partial charge on any atom is -0.292 e. The Morgan fingerprint density at radius 2 is 1.86 bits per heavy atom. The molecular formula is C28H28ClN7O. The molecule has 0 unspecified atom stereocenters. The summed E-state index contributed by atoms with van der Waals surface area (Å²) in [5.74, 6) is 0.513. The average molecular weight is 514 g/mol. The molecule has 37 heavy (non-hydrogen) atoms. The van der Waals surface area contributed by atoms with Crippen molar-refractivity contribution < 1.29 is 0 Å². The molecule has 188 valence electrons. The number of halogens is 1. The van der Waals surface area contributed by atoms with Crippen LogP contribution >= 0.6 is 11.6 Å². The number of rotatable bonds is 9. The summed E-state index contributed by atoms with van der Waals surface area (Å²) in [5.41, 5.74) is 6.37. The van der Waals surface area contributed by atoms with Gasteiger partial charge >= 0.3 is 5.69 Å². The molecule has 2 aromatic carbocycles. The molecule has 9 heteroatoms. The number of hydrogen-bond donors (Lipinski definition) is 1. The molecule has 5 aromatic rings. The van der Waals surface area contributed by atoms with Gasteiger partial charge in [-0.25, -0.2) is 9.89 Å². The Morgan fingerprint density at radius 1 is 1.03 bits per heavy atom. The minimum atomic E-state index is -0.0784. The van der Waals surface area contributed by atoms with Crippen molar-refractivity contribution in [3.05, 3.63) is 99.3 Å². The first kappa shape index (κ1) is 24.6. The fraction of sp³-hybridized carbons (Fsp3) is 0.250. The second-order valence-electron chi connectivity index (χ2n) is 8.91. The Labute approximate surface area is 220 Å². The van der Waals surface area contributed by atoms with Crippen LogP contribution in [0, 0.1) is 0 Å². The van der Waals surface area contributed by atoms with Crippen molar-refractivity contribution >= 4 is 11.6 Å². The highest BCUT2D eigenvalue weighted by atomic mass is 35.5. The Bertz CT molecular complexity index is 1550. The number of nitrogens with zero attached hydrogens (tertiary/aromatic N) is 6. The number of unbranched alkanes of at least 4 members (excludes halogenated alkanes) is 1. The SMILES string of the molecule is CCCCc1cn(-c2c(Cl)cccc2CC)c(=O)n1Cc1ccc(-c2cccnc2-c2nnn[nH]2)cc1. The summed E-state index contributed by atoms with van der Waals surface area (Å²) in [7, 11) is 0. The van der Waals surface area contributed by atoms with Crippen LogP contribution in [0.4, 0.5) is 0 Å². The number of pyridine rings is 1. The van der Waals surface area contributed by atoms with Crippen LogP contribution in [-0.2, 0) is 19.4 Å². The first-order chi connectivity index (χ1) is 18.1. The molecule has 0 amide bonds. The van der Waals surface area contributed by atoms with E-state index in [-0.39, 0.29) is 5.69 Å². The third-order valence-corrected chi connectivity index (χ3v) is 6.83. The van der Waals surface area contributed by atoms with Gasteiger partial charge < -0.3 is 0 Å². The Morgan fingerprint density at radius 3 is 2.59 bits per heavy atom. The fourth-order valence-corrected chi connectivity index (χ4v) is 4.87. The molecule has 8 nitrogen and oxygen atoms in total. The second-order valence-corrected chi connectivity index (χ2v) is 9.32. The molecule has 3 heterocycles. The summed E-state index contributed by atoms with van der Waals surface area (Å²) in [6.07, 6.45) is 7.35. The van der Waals surface area contributed by atoms with Gasteiger partial charge in [-0.3, -0.25) is 14.1 Å². The van der Waals surface area contributed by atoms with E-state index < -0.39 is 0 Å². The summed E-state index contributed by atoms with van der Waals surface area (Å²) >= 11 is 6.58. The van der Waals surface area contributed by atoms with Gasteiger partial charge in [0.2, 0.25) is 0 Å². The van der Waals surface area contributed by atoms with Crippen molar-refractivity contribution in [1.29, 1.82) is 0 Å². The number of hydrogen-bond acceptors (Lipinski definition) is 5. The molecule has 0 aliphatic heterocycles. The Balaban J connectivity index is 1.50. The van der Waals surface area contributed by atoms with E-state index in [2.05, 4.69) is 39.5 Å². The number of aromatic amines is 1. The lowest BCUT2D eigenvalue weighted by molar-refractivity contribution is 0.673. The molecule has 1 N–H and O–H groups in total. The number of imidazole rings is 1. The third-order valence-electron chi connectivity index (χ3n) is 6.52. The molecular weight excluding hydrogens is 486 g/mol. The molecule has 0 saturated carbocycles. The van der Waals surface area contributed by atoms with Crippen molar-refractivity contribution in [3.63, 3.8) is 0 Å². The number of aryl methyl sites for hydroxylation is 2. The smallest absolute Gasteiger partial charge is 0.292 e. The number of nitrogens with one attached hydrogen (secondary N) is 1. The van der Waals surface area contributed by atoms with Crippen LogP contribution in [0.1, 0.15) is 43.5 Å². The zero-order valence-corrected chi connectivity index (χ0v) is 21.6. The zero-order chi connectivity index (χ0) is 25.8. The van der Waals surface area contributed by atoms with E-state index in [0.29, 0.717) is 23.1 Å². The number of tetrazole rings is 1. The molecule has 0 spiro atoms. The number of benzene rings is 2. The van der Waals surface area contributed by atoms with E-state index in [9.17, 15) is 4.79 Å². The van der Waals surface area contributed by atoms with E-state index in [1.807, 2.05) is 65.4 Å². The lowest BCUT2D eigenvalue weighted by atomic mass is 10.0. The monoisotopic (exact) mass is 513 g/mol. The maximum absolute atomic E-state index is 13.7. The van der Waals surface area contributed by atoms with Crippen LogP contribution in [0.3, 0.4) is 0 Å². The van der Waals surface area contributed by atoms with Crippen LogP contribution in [0.25, 0.3) is 28.3 Å². The summed E-state index contributed by atoms with van der Waals surface area (Å²) < 4.78 is 3.58. The standard InChI is InChI=1S/C28H28ClN7O/c1-3-5-9-22-18-36(26-20(4-2)8-6-11-24(26)29)28(37)35(22)17-19-12-14-21(15-13-19)23-10-7-16-30-25(23)27-31-33-34-32-27/h6-8,10-16,18H,3-5,9,17H2,1-2H3,(H,31,32,33,34). The van der Waals surface area contributed by atoms with Gasteiger partial charge in [-0.05, 0) is 58.5 Å². The van der Waals surface area contributed by atoms with Crippen molar-refractivity contribution in [3.8, 4) is 28.3 Å². The molecule has 0 saturated heterocycles. The van der Waals surface area contributed by atoms with Gasteiger partial charge in [0.05, 0.1) is 17.3 Å². The van der Waals surface area contributed by atoms with Crippen molar-refractivity contribution in [1.82, 2.24) is 34.7 Å². The maximum atomic E-state index is 13.7. The summed E-state index contributed by atoms with van der Waals surface area (Å²) in [6, 6.07) is 17.8. The van der Waals surface area contributed by atoms with Gasteiger partial charge in [0.25, 0.3) is 0 Å². The second kappa shape index (κ2) is 10.9. The van der Waals surface area contributed by atoms with E-state index in [0.717, 1.165) is 59.3 Å². The quantitative estimate of drug-likeness (QED) is 0.281. The normalized spacial score (nSPS) is 11.2. The lowest BCUT2D eigenvalue weighted by Gasteiger charge is -2.10. The van der Waals surface area contributed by atoms with Gasteiger partial charge in [0.1, 0.15) is 5.69 Å². The van der Waals surface area contributed by atoms with Crippen LogP contribution in [0.5, 0.6) is 0 Å². The van der Waals surface area contributed by atoms with Crippen molar-refractivity contribution in [2.45, 2.75) is 46.1 Å². The number of aromatic nitrogens is 7. The molecule has 0 bridgehead atoms. The maximum Gasteiger partial charge on any atom is 0.333 e. The molecule has 0 fully saturated rings. The summed E-state index contributed by atoms with van der Waals surface area (Å²) in [6.45, 7) is 4.70. The van der Waals surface area contributed by atoms with Crippen LogP contribution in [0.15, 0.2) is 71.8 Å². The first-order valence-electron chi connectivity index (χ1n) is 12.5. The molecule has 5 rings (SSSR count). The van der Waals surface area contributed by atoms with E-state index in [1.54, 1.807) is 10.8 Å². The summed E-state index contributed by atoms with van der Waals surface area (Å²) in [4.78, 5) is 18.1. The van der Waals surface area contributed by atoms with Gasteiger partial charge in [-0.15, -0.1) is 5.10 Å². The van der Waals surface area contributed by atoms with Crippen molar-refractivity contribution in [2.75, 3.05) is 0 Å². The predicted octanol–water partition coefficient (Wildman–Crippen LogP) is 5.49. The van der Waals surface area contributed by atoms with E-state index in [4.69, 9.17) is 11.6 Å². The third kappa shape index (κ3) is 4.97. The molecule has 0 aliphatic carbocycles. The highest BCUT2D eigenvalue weighted by Gasteiger charge is 2.17. The fourth-order valence-electron chi connectivity index (χ4n) is 4.59. The highest BCUT2D eigenvalue weighted by molar-refractivity contribution is 6.32. The summed E-state index contributed by atoms with van der Waals surface area (Å²) in [5, 5.41) is 14.7. The Kier molecular flexibility index (Phi) is 7.28. The minimum absolute atomic E-state index is 0.0784. The van der Waals surface area contributed by atoms with Crippen LogP contribution < -0.4 is 5.69 Å². The van der Waals surface area contributed by atoms with Gasteiger partial charge in [0, 0.05) is 23.7 Å². The van der Waals surface area contributed by atoms with E-state index >= 15 is 0 Å². The number of para-hydroxylation sites is 1. The molecule has 0 radical (unpaired) electrons. The molecule has 0 atom stereocenters. The largest absolute Gasteiger partial charge is 0.333 e. The predicted molar refractivity (Wildman–Crippen MR) is 145 cm³/mol. The van der Waals surface area contributed by atoms with Gasteiger partial charge in [-0.2, -0.15) is 0 Å². The van der Waals surface area contributed by atoms with E-state index in [1.165, 1.54) is 0 Å². The van der Waals surface area contributed by atoms with Crippen LogP contribution in [-0.4, -0.2) is 34.7 Å². The highest BCUT2D eigenvalue weighted by Crippen LogP contribution is 2.28. The van der Waals surface area contributed by atoms with Crippen molar-refractivity contribution in [2.24, 2.45) is 0 Å². The lowest BCUT2D eigenvalue weighted by Crippen LogP contribution is -2.25. The Hall–Kier alpha value is -4.04. The van der Waals surface area contributed by atoms with Crippen LogP contribution in [0.2, 0.25) is 5.02 Å². The molecule has 0 aliphatic rings. The number of H-pyrrole nitrogens is 1. The first-order valence-corrected chi connectivity index (χ1v) is 12.9. The topological polar surface area (TPSA) is 94.3 Å². The molecule has 3 aromatic heterocycles.